The number of rotatable bonds is 4. The Morgan fingerprint density at radius 1 is 1.36 bits per heavy atom. The lowest BCUT2D eigenvalue weighted by atomic mass is 10.1. The SMILES string of the molecule is CC(C)Oc1ccnc2ccc(/C=C3\SC(=NC4CC4)NC3=O)cc12. The minimum absolute atomic E-state index is 0.0879. The summed E-state index contributed by atoms with van der Waals surface area (Å²) in [6.45, 7) is 4.00. The third kappa shape index (κ3) is 3.69. The van der Waals surface area contributed by atoms with Gasteiger partial charge >= 0.3 is 0 Å². The van der Waals surface area contributed by atoms with Gasteiger partial charge in [-0.05, 0) is 68.3 Å². The van der Waals surface area contributed by atoms with Crippen molar-refractivity contribution in [3.05, 3.63) is 40.9 Å². The summed E-state index contributed by atoms with van der Waals surface area (Å²) in [5.41, 5.74) is 1.82. The van der Waals surface area contributed by atoms with E-state index in [2.05, 4.69) is 15.3 Å². The van der Waals surface area contributed by atoms with Crippen LogP contribution < -0.4 is 10.1 Å². The quantitative estimate of drug-likeness (QED) is 0.851. The number of amidine groups is 1. The van der Waals surface area contributed by atoms with E-state index >= 15 is 0 Å². The Morgan fingerprint density at radius 2 is 2.20 bits per heavy atom. The zero-order chi connectivity index (χ0) is 17.4. The molecule has 0 unspecified atom stereocenters. The van der Waals surface area contributed by atoms with E-state index in [9.17, 15) is 4.79 Å². The third-order valence-electron chi connectivity index (χ3n) is 3.88. The van der Waals surface area contributed by atoms with E-state index < -0.39 is 0 Å². The van der Waals surface area contributed by atoms with Gasteiger partial charge in [-0.2, -0.15) is 0 Å². The maximum Gasteiger partial charge on any atom is 0.264 e. The van der Waals surface area contributed by atoms with Crippen LogP contribution >= 0.6 is 11.8 Å². The number of amides is 1. The minimum Gasteiger partial charge on any atom is -0.490 e. The Kier molecular flexibility index (Phi) is 4.21. The molecule has 1 amide bonds. The molecule has 2 heterocycles. The van der Waals surface area contributed by atoms with Crippen molar-refractivity contribution in [2.24, 2.45) is 4.99 Å². The molecule has 0 atom stereocenters. The largest absolute Gasteiger partial charge is 0.490 e. The molecule has 0 spiro atoms. The van der Waals surface area contributed by atoms with Crippen LogP contribution in [-0.4, -0.2) is 28.2 Å². The van der Waals surface area contributed by atoms with Gasteiger partial charge < -0.3 is 10.1 Å². The Balaban J connectivity index is 1.66. The van der Waals surface area contributed by atoms with Gasteiger partial charge in [-0.1, -0.05) is 6.07 Å². The summed E-state index contributed by atoms with van der Waals surface area (Å²) in [6, 6.07) is 8.19. The van der Waals surface area contributed by atoms with Crippen molar-refractivity contribution in [3.8, 4) is 5.75 Å². The first-order valence-electron chi connectivity index (χ1n) is 8.42. The molecule has 1 aliphatic carbocycles. The van der Waals surface area contributed by atoms with Crippen molar-refractivity contribution in [1.29, 1.82) is 0 Å². The van der Waals surface area contributed by atoms with Gasteiger partial charge in [0.1, 0.15) is 5.75 Å². The van der Waals surface area contributed by atoms with Gasteiger partial charge in [0.25, 0.3) is 5.91 Å². The van der Waals surface area contributed by atoms with Crippen molar-refractivity contribution in [3.63, 3.8) is 0 Å². The van der Waals surface area contributed by atoms with Crippen LogP contribution in [0.25, 0.3) is 17.0 Å². The van der Waals surface area contributed by atoms with Crippen LogP contribution in [0.5, 0.6) is 5.75 Å². The van der Waals surface area contributed by atoms with Gasteiger partial charge in [0, 0.05) is 11.6 Å². The molecule has 4 rings (SSSR count). The first-order chi connectivity index (χ1) is 12.1. The number of aromatic nitrogens is 1. The molecule has 1 aromatic heterocycles. The molecule has 25 heavy (non-hydrogen) atoms. The fourth-order valence-electron chi connectivity index (χ4n) is 2.59. The number of nitrogens with one attached hydrogen (secondary N) is 1. The van der Waals surface area contributed by atoms with Crippen molar-refractivity contribution in [2.45, 2.75) is 38.8 Å². The Bertz CT molecular complexity index is 901. The second kappa shape index (κ2) is 6.52. The highest BCUT2D eigenvalue weighted by atomic mass is 32.2. The van der Waals surface area contributed by atoms with Gasteiger partial charge in [-0.15, -0.1) is 0 Å². The Labute approximate surface area is 150 Å². The molecule has 2 aliphatic rings. The molecular formula is C19H19N3O2S. The molecular weight excluding hydrogens is 334 g/mol. The van der Waals surface area contributed by atoms with E-state index in [1.165, 1.54) is 11.8 Å². The number of hydrogen-bond donors (Lipinski definition) is 1. The predicted molar refractivity (Wildman–Crippen MR) is 102 cm³/mol. The second-order valence-electron chi connectivity index (χ2n) is 6.48. The zero-order valence-corrected chi connectivity index (χ0v) is 15.0. The summed E-state index contributed by atoms with van der Waals surface area (Å²) in [7, 11) is 0. The molecule has 6 heteroatoms. The number of benzene rings is 1. The summed E-state index contributed by atoms with van der Waals surface area (Å²) in [4.78, 5) is 21.7. The number of fused-ring (bicyclic) bond motifs is 1. The molecule has 1 aliphatic heterocycles. The molecule has 2 aromatic rings. The van der Waals surface area contributed by atoms with Gasteiger partial charge in [0.2, 0.25) is 0 Å². The smallest absolute Gasteiger partial charge is 0.264 e. The number of carbonyl (C=O) groups excluding carboxylic acids is 1. The van der Waals surface area contributed by atoms with Crippen LogP contribution in [0.3, 0.4) is 0 Å². The van der Waals surface area contributed by atoms with Gasteiger partial charge in [0.05, 0.1) is 22.6 Å². The average Bonchev–Trinajstić information content (AvgIpc) is 3.31. The Morgan fingerprint density at radius 3 is 2.96 bits per heavy atom. The molecule has 1 saturated heterocycles. The number of thioether (sulfide) groups is 1. The van der Waals surface area contributed by atoms with Crippen molar-refractivity contribution >= 4 is 39.8 Å². The monoisotopic (exact) mass is 353 g/mol. The van der Waals surface area contributed by atoms with Gasteiger partial charge in [0.15, 0.2) is 5.17 Å². The number of carbonyl (C=O) groups is 1. The first kappa shape index (κ1) is 16.1. The van der Waals surface area contributed by atoms with Crippen LogP contribution in [0.15, 0.2) is 40.4 Å². The number of ether oxygens (including phenoxy) is 1. The normalized spacial score (nSPS) is 20.7. The molecule has 1 aromatic carbocycles. The van der Waals surface area contributed by atoms with Crippen LogP contribution in [0.4, 0.5) is 0 Å². The molecule has 128 valence electrons. The lowest BCUT2D eigenvalue weighted by Gasteiger charge is -2.12. The van der Waals surface area contributed by atoms with Crippen LogP contribution in [0, 0.1) is 0 Å². The summed E-state index contributed by atoms with van der Waals surface area (Å²) in [6.07, 6.45) is 5.97. The topological polar surface area (TPSA) is 63.6 Å². The molecule has 2 fully saturated rings. The number of pyridine rings is 1. The first-order valence-corrected chi connectivity index (χ1v) is 9.24. The van der Waals surface area contributed by atoms with E-state index in [1.807, 2.05) is 44.2 Å². The minimum atomic E-state index is -0.0886. The fourth-order valence-corrected chi connectivity index (χ4v) is 3.49. The van der Waals surface area contributed by atoms with E-state index in [1.54, 1.807) is 6.20 Å². The van der Waals surface area contributed by atoms with Crippen molar-refractivity contribution in [1.82, 2.24) is 10.3 Å². The maximum absolute atomic E-state index is 12.1. The third-order valence-corrected chi connectivity index (χ3v) is 4.81. The second-order valence-corrected chi connectivity index (χ2v) is 7.51. The Hall–Kier alpha value is -2.34. The summed E-state index contributed by atoms with van der Waals surface area (Å²) >= 11 is 1.41. The van der Waals surface area contributed by atoms with E-state index in [4.69, 9.17) is 4.74 Å². The zero-order valence-electron chi connectivity index (χ0n) is 14.2. The van der Waals surface area contributed by atoms with Crippen LogP contribution in [0.2, 0.25) is 0 Å². The summed E-state index contributed by atoms with van der Waals surface area (Å²) < 4.78 is 5.88. The lowest BCUT2D eigenvalue weighted by Crippen LogP contribution is -2.20. The molecule has 5 nitrogen and oxygen atoms in total. The standard InChI is InChI=1S/C19H19N3O2S/c1-11(2)24-16-7-8-20-15-6-3-12(9-14(15)16)10-17-18(23)22-19(25-17)21-13-4-5-13/h3,6-11,13H,4-5H2,1-2H3,(H,21,22,23)/b17-10-. The molecule has 0 bridgehead atoms. The summed E-state index contributed by atoms with van der Waals surface area (Å²) in [5, 5.41) is 4.50. The van der Waals surface area contributed by atoms with E-state index in [0.717, 1.165) is 35.1 Å². The van der Waals surface area contributed by atoms with E-state index in [-0.39, 0.29) is 12.0 Å². The van der Waals surface area contributed by atoms with E-state index in [0.29, 0.717) is 16.1 Å². The molecule has 1 saturated carbocycles. The van der Waals surface area contributed by atoms with Crippen molar-refractivity contribution in [2.75, 3.05) is 0 Å². The van der Waals surface area contributed by atoms with Crippen LogP contribution in [-0.2, 0) is 4.79 Å². The number of aliphatic imine (C=N–C) groups is 1. The molecule has 0 radical (unpaired) electrons. The summed E-state index contributed by atoms with van der Waals surface area (Å²) in [5.74, 6) is 0.717. The van der Waals surface area contributed by atoms with Gasteiger partial charge in [-0.25, -0.2) is 0 Å². The van der Waals surface area contributed by atoms with Crippen LogP contribution in [0.1, 0.15) is 32.3 Å². The predicted octanol–water partition coefficient (Wildman–Crippen LogP) is 3.74. The van der Waals surface area contributed by atoms with Gasteiger partial charge in [-0.3, -0.25) is 14.8 Å². The maximum atomic E-state index is 12.1. The number of nitrogens with zero attached hydrogens (tertiary/aromatic N) is 2. The van der Waals surface area contributed by atoms with Crippen molar-refractivity contribution < 1.29 is 9.53 Å². The lowest BCUT2D eigenvalue weighted by molar-refractivity contribution is -0.115. The average molecular weight is 353 g/mol. The number of hydrogen-bond acceptors (Lipinski definition) is 5. The molecule has 1 N–H and O–H groups in total. The highest BCUT2D eigenvalue weighted by Crippen LogP contribution is 2.32. The highest BCUT2D eigenvalue weighted by Gasteiger charge is 2.27. The highest BCUT2D eigenvalue weighted by molar-refractivity contribution is 8.18. The fraction of sp³-hybridized carbons (Fsp3) is 0.316.